The highest BCUT2D eigenvalue weighted by atomic mass is 35.5. The minimum absolute atomic E-state index is 0.480. The van der Waals surface area contributed by atoms with Crippen LogP contribution in [0.3, 0.4) is 0 Å². The van der Waals surface area contributed by atoms with Gasteiger partial charge in [0.1, 0.15) is 12.4 Å². The highest BCUT2D eigenvalue weighted by molar-refractivity contribution is 6.31. The summed E-state index contributed by atoms with van der Waals surface area (Å²) in [5, 5.41) is 9.64. The van der Waals surface area contributed by atoms with E-state index in [0.29, 0.717) is 43.6 Å². The maximum absolute atomic E-state index is 11.0. The predicted molar refractivity (Wildman–Crippen MR) is 94.0 cm³/mol. The van der Waals surface area contributed by atoms with Crippen LogP contribution < -0.4 is 9.64 Å². The Morgan fingerprint density at radius 3 is 2.46 bits per heavy atom. The summed E-state index contributed by atoms with van der Waals surface area (Å²) < 4.78 is 5.85. The van der Waals surface area contributed by atoms with E-state index in [1.807, 2.05) is 42.5 Å². The van der Waals surface area contributed by atoms with Gasteiger partial charge in [-0.2, -0.15) is 0 Å². The lowest BCUT2D eigenvalue weighted by Gasteiger charge is -2.34. The predicted octanol–water partition coefficient (Wildman–Crippen LogP) is 3.72. The number of nitrogens with zero attached hydrogens (tertiary/aromatic N) is 2. The minimum Gasteiger partial charge on any atom is -0.489 e. The van der Waals surface area contributed by atoms with Crippen molar-refractivity contribution in [1.29, 1.82) is 0 Å². The van der Waals surface area contributed by atoms with Crippen LogP contribution in [0.15, 0.2) is 48.5 Å². The van der Waals surface area contributed by atoms with Crippen molar-refractivity contribution < 1.29 is 14.6 Å². The number of anilines is 1. The molecule has 0 aliphatic carbocycles. The Balaban J connectivity index is 1.67. The average Bonchev–Trinajstić information content (AvgIpc) is 2.60. The summed E-state index contributed by atoms with van der Waals surface area (Å²) in [6.07, 6.45) is -0.868. The molecule has 1 fully saturated rings. The van der Waals surface area contributed by atoms with Crippen molar-refractivity contribution in [2.24, 2.45) is 0 Å². The van der Waals surface area contributed by atoms with E-state index < -0.39 is 6.09 Å². The van der Waals surface area contributed by atoms with Gasteiger partial charge in [0.2, 0.25) is 0 Å². The van der Waals surface area contributed by atoms with E-state index in [-0.39, 0.29) is 0 Å². The number of piperazine rings is 1. The van der Waals surface area contributed by atoms with Crippen LogP contribution in [0, 0.1) is 0 Å². The van der Waals surface area contributed by atoms with Crippen molar-refractivity contribution in [3.8, 4) is 5.75 Å². The second-order valence-electron chi connectivity index (χ2n) is 5.68. The zero-order chi connectivity index (χ0) is 16.9. The molecule has 0 unspecified atom stereocenters. The second kappa shape index (κ2) is 7.45. The first-order valence-electron chi connectivity index (χ1n) is 7.82. The first kappa shape index (κ1) is 16.5. The van der Waals surface area contributed by atoms with Crippen LogP contribution in [-0.2, 0) is 6.61 Å². The molecule has 0 spiro atoms. The third-order valence-electron chi connectivity index (χ3n) is 4.02. The fourth-order valence-corrected chi connectivity index (χ4v) is 2.93. The summed E-state index contributed by atoms with van der Waals surface area (Å²) in [6.45, 7) is 2.74. The topological polar surface area (TPSA) is 53.0 Å². The molecular weight excluding hydrogens is 328 g/mol. The van der Waals surface area contributed by atoms with Gasteiger partial charge >= 0.3 is 6.09 Å². The van der Waals surface area contributed by atoms with Gasteiger partial charge in [0.15, 0.2) is 0 Å². The van der Waals surface area contributed by atoms with Gasteiger partial charge in [-0.15, -0.1) is 0 Å². The first-order chi connectivity index (χ1) is 11.6. The molecule has 0 bridgehead atoms. The molecule has 1 heterocycles. The zero-order valence-electron chi connectivity index (χ0n) is 13.2. The number of benzene rings is 2. The van der Waals surface area contributed by atoms with Crippen LogP contribution in [0.25, 0.3) is 0 Å². The molecule has 1 amide bonds. The van der Waals surface area contributed by atoms with Crippen LogP contribution in [-0.4, -0.2) is 42.3 Å². The van der Waals surface area contributed by atoms with Gasteiger partial charge in [-0.25, -0.2) is 4.79 Å². The lowest BCUT2D eigenvalue weighted by Crippen LogP contribution is -2.48. The summed E-state index contributed by atoms with van der Waals surface area (Å²) >= 11 is 6.22. The quantitative estimate of drug-likeness (QED) is 0.916. The molecule has 2 aromatic carbocycles. The largest absolute Gasteiger partial charge is 0.489 e. The third-order valence-corrected chi connectivity index (χ3v) is 4.24. The Morgan fingerprint density at radius 2 is 1.79 bits per heavy atom. The monoisotopic (exact) mass is 346 g/mol. The summed E-state index contributed by atoms with van der Waals surface area (Å²) in [7, 11) is 0. The van der Waals surface area contributed by atoms with Crippen LogP contribution in [0.5, 0.6) is 5.75 Å². The Hall–Kier alpha value is -2.40. The van der Waals surface area contributed by atoms with Gasteiger partial charge in [0.05, 0.1) is 0 Å². The number of carboxylic acid groups (broad SMARTS) is 1. The van der Waals surface area contributed by atoms with Crippen molar-refractivity contribution in [2.45, 2.75) is 6.61 Å². The van der Waals surface area contributed by atoms with Crippen molar-refractivity contribution in [3.05, 3.63) is 59.1 Å². The zero-order valence-corrected chi connectivity index (χ0v) is 13.9. The van der Waals surface area contributed by atoms with Gasteiger partial charge in [-0.3, -0.25) is 0 Å². The number of rotatable bonds is 4. The molecule has 5 nitrogen and oxygen atoms in total. The highest BCUT2D eigenvalue weighted by Gasteiger charge is 2.21. The fraction of sp³-hybridized carbons (Fsp3) is 0.278. The molecule has 24 heavy (non-hydrogen) atoms. The SMILES string of the molecule is O=C(O)N1CCN(c2cc(Cl)cc(OCc3ccccc3)c2)CC1. The molecule has 6 heteroatoms. The van der Waals surface area contributed by atoms with Gasteiger partial charge in [-0.1, -0.05) is 41.9 Å². The van der Waals surface area contributed by atoms with Crippen molar-refractivity contribution in [3.63, 3.8) is 0 Å². The molecule has 1 saturated heterocycles. The molecule has 0 saturated carbocycles. The molecule has 0 atom stereocenters. The van der Waals surface area contributed by atoms with E-state index in [1.165, 1.54) is 4.90 Å². The van der Waals surface area contributed by atoms with E-state index in [9.17, 15) is 4.79 Å². The molecular formula is C18H19ClN2O3. The summed E-state index contributed by atoms with van der Waals surface area (Å²) in [5.41, 5.74) is 2.05. The van der Waals surface area contributed by atoms with Crippen molar-refractivity contribution >= 4 is 23.4 Å². The Kier molecular flexibility index (Phi) is 5.11. The third kappa shape index (κ3) is 4.11. The molecule has 0 aromatic heterocycles. The average molecular weight is 347 g/mol. The number of hydrogen-bond acceptors (Lipinski definition) is 3. The lowest BCUT2D eigenvalue weighted by molar-refractivity contribution is 0.142. The van der Waals surface area contributed by atoms with Gasteiger partial charge < -0.3 is 19.6 Å². The first-order valence-corrected chi connectivity index (χ1v) is 8.20. The van der Waals surface area contributed by atoms with Gasteiger partial charge in [0, 0.05) is 43.0 Å². The van der Waals surface area contributed by atoms with Gasteiger partial charge in [-0.05, 0) is 17.7 Å². The standard InChI is InChI=1S/C18H19ClN2O3/c19-15-10-16(20-6-8-21(9-7-20)18(22)23)12-17(11-15)24-13-14-4-2-1-3-5-14/h1-5,10-12H,6-9,13H2,(H,22,23). The maximum Gasteiger partial charge on any atom is 0.407 e. The summed E-state index contributed by atoms with van der Waals surface area (Å²) in [6, 6.07) is 15.6. The highest BCUT2D eigenvalue weighted by Crippen LogP contribution is 2.28. The van der Waals surface area contributed by atoms with Crippen LogP contribution in [0.4, 0.5) is 10.5 Å². The minimum atomic E-state index is -0.868. The maximum atomic E-state index is 11.0. The number of carbonyl (C=O) groups is 1. The Labute approximate surface area is 146 Å². The molecule has 1 N–H and O–H groups in total. The van der Waals surface area contributed by atoms with E-state index in [2.05, 4.69) is 4.90 Å². The van der Waals surface area contributed by atoms with Crippen LogP contribution >= 0.6 is 11.6 Å². The van der Waals surface area contributed by atoms with Crippen molar-refractivity contribution in [2.75, 3.05) is 31.1 Å². The van der Waals surface area contributed by atoms with E-state index in [0.717, 1.165) is 11.3 Å². The Morgan fingerprint density at radius 1 is 1.08 bits per heavy atom. The number of hydrogen-bond donors (Lipinski definition) is 1. The second-order valence-corrected chi connectivity index (χ2v) is 6.11. The fourth-order valence-electron chi connectivity index (χ4n) is 2.71. The lowest BCUT2D eigenvalue weighted by atomic mass is 10.2. The molecule has 2 aromatic rings. The van der Waals surface area contributed by atoms with Crippen molar-refractivity contribution in [1.82, 2.24) is 4.90 Å². The molecule has 0 radical (unpaired) electrons. The smallest absolute Gasteiger partial charge is 0.407 e. The normalized spacial score (nSPS) is 14.5. The van der Waals surface area contributed by atoms with Gasteiger partial charge in [0.25, 0.3) is 0 Å². The number of amides is 1. The van der Waals surface area contributed by atoms with E-state index in [1.54, 1.807) is 6.07 Å². The number of ether oxygens (including phenoxy) is 1. The summed E-state index contributed by atoms with van der Waals surface area (Å²) in [5.74, 6) is 0.710. The van der Waals surface area contributed by atoms with Crippen LogP contribution in [0.2, 0.25) is 5.02 Å². The number of halogens is 1. The summed E-state index contributed by atoms with van der Waals surface area (Å²) in [4.78, 5) is 14.5. The van der Waals surface area contributed by atoms with Crippen LogP contribution in [0.1, 0.15) is 5.56 Å². The van der Waals surface area contributed by atoms with E-state index in [4.69, 9.17) is 21.4 Å². The molecule has 1 aliphatic heterocycles. The van der Waals surface area contributed by atoms with E-state index >= 15 is 0 Å². The molecule has 3 rings (SSSR count). The molecule has 126 valence electrons. The Bertz CT molecular complexity index is 701. The molecule has 1 aliphatic rings.